The van der Waals surface area contributed by atoms with Crippen LogP contribution in [0.25, 0.3) is 0 Å². The number of halogens is 1. The molecule has 1 nitrogen and oxygen atoms in total. The maximum atomic E-state index is 14.2. The lowest BCUT2D eigenvalue weighted by molar-refractivity contribution is 0.0108. The average Bonchev–Trinajstić information content (AvgIpc) is 2.36. The minimum Gasteiger partial charge on any atom is -0.289 e. The van der Waals surface area contributed by atoms with Gasteiger partial charge in [0.1, 0.15) is 6.17 Å². The molecule has 3 aliphatic heterocycles. The number of piperidine rings is 3. The van der Waals surface area contributed by atoms with Crippen LogP contribution in [0.5, 0.6) is 0 Å². The maximum absolute atomic E-state index is 14.2. The van der Waals surface area contributed by atoms with E-state index in [2.05, 4.69) is 17.0 Å². The van der Waals surface area contributed by atoms with E-state index < -0.39 is 6.17 Å². The zero-order valence-corrected chi connectivity index (χ0v) is 10.00. The number of alkyl halides is 1. The molecular formula is C13H16FNS. The summed E-state index contributed by atoms with van der Waals surface area (Å²) in [4.78, 5) is 3.49. The number of thioether (sulfide) groups is 1. The molecule has 16 heavy (non-hydrogen) atoms. The van der Waals surface area contributed by atoms with Gasteiger partial charge in [0.05, 0.1) is 5.37 Å². The lowest BCUT2D eigenvalue weighted by Crippen LogP contribution is -2.54. The summed E-state index contributed by atoms with van der Waals surface area (Å²) >= 11 is 1.69. The van der Waals surface area contributed by atoms with Crippen molar-refractivity contribution in [1.29, 1.82) is 0 Å². The number of benzene rings is 1. The molecule has 0 aliphatic carbocycles. The van der Waals surface area contributed by atoms with E-state index in [1.54, 1.807) is 11.8 Å². The van der Waals surface area contributed by atoms with E-state index in [0.29, 0.717) is 5.92 Å². The first-order valence-electron chi connectivity index (χ1n) is 5.94. The lowest BCUT2D eigenvalue weighted by atomic mass is 9.87. The number of fused-ring (bicyclic) bond motifs is 3. The molecule has 3 fully saturated rings. The molecule has 3 heteroatoms. The molecule has 3 saturated heterocycles. The summed E-state index contributed by atoms with van der Waals surface area (Å²) in [5.74, 6) is 0.311. The van der Waals surface area contributed by atoms with E-state index >= 15 is 0 Å². The molecule has 1 aromatic carbocycles. The summed E-state index contributed by atoms with van der Waals surface area (Å²) in [5.41, 5.74) is 0. The van der Waals surface area contributed by atoms with Gasteiger partial charge in [-0.1, -0.05) is 18.2 Å². The normalized spacial score (nSPS) is 37.6. The van der Waals surface area contributed by atoms with Crippen LogP contribution in [0, 0.1) is 5.92 Å². The van der Waals surface area contributed by atoms with Gasteiger partial charge in [0, 0.05) is 4.90 Å². The molecule has 0 aromatic heterocycles. The van der Waals surface area contributed by atoms with E-state index in [0.717, 1.165) is 25.9 Å². The van der Waals surface area contributed by atoms with Crippen LogP contribution in [0.2, 0.25) is 0 Å². The van der Waals surface area contributed by atoms with Gasteiger partial charge in [0.2, 0.25) is 0 Å². The fourth-order valence-corrected chi connectivity index (χ4v) is 4.01. The third-order valence-electron chi connectivity index (χ3n) is 3.66. The van der Waals surface area contributed by atoms with Gasteiger partial charge in [-0.15, -0.1) is 11.8 Å². The summed E-state index contributed by atoms with van der Waals surface area (Å²) < 4.78 is 14.2. The summed E-state index contributed by atoms with van der Waals surface area (Å²) in [7, 11) is 0. The van der Waals surface area contributed by atoms with Crippen molar-refractivity contribution in [3.63, 3.8) is 0 Å². The molecule has 0 amide bonds. The second-order valence-corrected chi connectivity index (χ2v) is 5.83. The maximum Gasteiger partial charge on any atom is 0.128 e. The molecule has 86 valence electrons. The molecule has 3 heterocycles. The second kappa shape index (κ2) is 4.38. The highest BCUT2D eigenvalue weighted by Crippen LogP contribution is 2.41. The molecule has 0 saturated carbocycles. The Balaban J connectivity index is 1.75. The second-order valence-electron chi connectivity index (χ2n) is 4.64. The van der Waals surface area contributed by atoms with E-state index in [9.17, 15) is 4.39 Å². The summed E-state index contributed by atoms with van der Waals surface area (Å²) in [5, 5.41) is 0.0508. The molecule has 0 spiro atoms. The lowest BCUT2D eigenvalue weighted by Gasteiger charge is -2.47. The fourth-order valence-electron chi connectivity index (χ4n) is 2.70. The van der Waals surface area contributed by atoms with Crippen molar-refractivity contribution in [3.8, 4) is 0 Å². The van der Waals surface area contributed by atoms with Crippen LogP contribution < -0.4 is 0 Å². The Morgan fingerprint density at radius 3 is 2.44 bits per heavy atom. The average molecular weight is 237 g/mol. The topological polar surface area (TPSA) is 3.24 Å². The van der Waals surface area contributed by atoms with Gasteiger partial charge in [0.25, 0.3) is 0 Å². The highest BCUT2D eigenvalue weighted by molar-refractivity contribution is 8.00. The van der Waals surface area contributed by atoms with E-state index in [4.69, 9.17) is 0 Å². The van der Waals surface area contributed by atoms with E-state index in [1.807, 2.05) is 18.2 Å². The minimum absolute atomic E-state index is 0.0508. The monoisotopic (exact) mass is 237 g/mol. The Kier molecular flexibility index (Phi) is 2.90. The van der Waals surface area contributed by atoms with Gasteiger partial charge in [-0.3, -0.25) is 4.90 Å². The number of hydrogen-bond acceptors (Lipinski definition) is 2. The van der Waals surface area contributed by atoms with Gasteiger partial charge >= 0.3 is 0 Å². The van der Waals surface area contributed by atoms with Gasteiger partial charge in [0.15, 0.2) is 0 Å². The first kappa shape index (κ1) is 10.6. The Bertz CT molecular complexity index is 346. The van der Waals surface area contributed by atoms with Crippen LogP contribution in [-0.4, -0.2) is 29.5 Å². The zero-order valence-electron chi connectivity index (χ0n) is 9.18. The summed E-state index contributed by atoms with van der Waals surface area (Å²) in [6.45, 7) is 2.16. The van der Waals surface area contributed by atoms with Gasteiger partial charge in [-0.25, -0.2) is 4.39 Å². The van der Waals surface area contributed by atoms with Gasteiger partial charge < -0.3 is 0 Å². The number of nitrogens with zero attached hydrogens (tertiary/aromatic N) is 1. The van der Waals surface area contributed by atoms with Crippen molar-refractivity contribution in [2.75, 3.05) is 13.1 Å². The molecule has 1 unspecified atom stereocenters. The van der Waals surface area contributed by atoms with Crippen molar-refractivity contribution < 1.29 is 4.39 Å². The third-order valence-corrected chi connectivity index (χ3v) is 5.00. The quantitative estimate of drug-likeness (QED) is 0.777. The van der Waals surface area contributed by atoms with Crippen molar-refractivity contribution in [2.24, 2.45) is 5.92 Å². The van der Waals surface area contributed by atoms with E-state index in [1.165, 1.54) is 4.90 Å². The zero-order chi connectivity index (χ0) is 11.0. The van der Waals surface area contributed by atoms with Crippen molar-refractivity contribution in [1.82, 2.24) is 4.90 Å². The van der Waals surface area contributed by atoms with Crippen LogP contribution in [0.1, 0.15) is 12.8 Å². The molecular weight excluding hydrogens is 221 g/mol. The minimum atomic E-state index is -0.646. The van der Waals surface area contributed by atoms with Crippen molar-refractivity contribution in [2.45, 2.75) is 29.3 Å². The van der Waals surface area contributed by atoms with Crippen LogP contribution in [0.3, 0.4) is 0 Å². The molecule has 4 rings (SSSR count). The van der Waals surface area contributed by atoms with Crippen LogP contribution in [0.4, 0.5) is 4.39 Å². The van der Waals surface area contributed by atoms with Crippen LogP contribution in [-0.2, 0) is 0 Å². The molecule has 1 aromatic rings. The predicted octanol–water partition coefficient (Wildman–Crippen LogP) is 3.17. The number of rotatable bonds is 2. The number of hydrogen-bond donors (Lipinski definition) is 0. The highest BCUT2D eigenvalue weighted by atomic mass is 32.2. The Morgan fingerprint density at radius 2 is 1.81 bits per heavy atom. The molecule has 2 bridgehead atoms. The molecule has 3 aliphatic rings. The highest BCUT2D eigenvalue weighted by Gasteiger charge is 2.42. The largest absolute Gasteiger partial charge is 0.289 e. The molecule has 2 atom stereocenters. The standard InChI is InChI=1S/C13H16FNS/c14-12-10-6-8-15(9-7-10)13(12)16-11-4-2-1-3-5-11/h1-5,10,12-13H,6-9H2/t12?,13-/m1/s1. The Labute approximate surface area is 100 Å². The van der Waals surface area contributed by atoms with Crippen LogP contribution in [0.15, 0.2) is 35.2 Å². The van der Waals surface area contributed by atoms with Crippen molar-refractivity contribution in [3.05, 3.63) is 30.3 Å². The first-order valence-corrected chi connectivity index (χ1v) is 6.82. The van der Waals surface area contributed by atoms with Crippen LogP contribution >= 0.6 is 11.8 Å². The van der Waals surface area contributed by atoms with Gasteiger partial charge in [-0.05, 0) is 44.0 Å². The fraction of sp³-hybridized carbons (Fsp3) is 0.538. The molecule has 0 N–H and O–H groups in total. The van der Waals surface area contributed by atoms with E-state index in [-0.39, 0.29) is 5.37 Å². The Hall–Kier alpha value is -0.540. The van der Waals surface area contributed by atoms with Gasteiger partial charge in [-0.2, -0.15) is 0 Å². The summed E-state index contributed by atoms with van der Waals surface area (Å²) in [6, 6.07) is 10.2. The third kappa shape index (κ3) is 1.87. The Morgan fingerprint density at radius 1 is 1.12 bits per heavy atom. The first-order chi connectivity index (χ1) is 7.84. The smallest absolute Gasteiger partial charge is 0.128 e. The SMILES string of the molecule is FC1C2CCN(CC2)[C@@H]1Sc1ccccc1. The summed E-state index contributed by atoms with van der Waals surface area (Å²) in [6.07, 6.45) is 1.45. The van der Waals surface area contributed by atoms with Crippen molar-refractivity contribution >= 4 is 11.8 Å². The predicted molar refractivity (Wildman–Crippen MR) is 65.3 cm³/mol. The molecule has 0 radical (unpaired) electrons.